The van der Waals surface area contributed by atoms with E-state index in [-0.39, 0.29) is 18.5 Å². The number of aliphatic hydroxyl groups is 2. The highest BCUT2D eigenvalue weighted by molar-refractivity contribution is 5.76. The summed E-state index contributed by atoms with van der Waals surface area (Å²) in [6.45, 7) is 4.88. The summed E-state index contributed by atoms with van der Waals surface area (Å²) in [4.78, 5) is 24.3. The number of ether oxygens (including phenoxy) is 1. The standard InChI is InChI=1S/C52H101NO5/c1-3-5-7-9-11-13-25-30-34-38-42-46-52(57)58-47-43-39-35-31-27-24-22-20-18-16-15-17-19-21-23-26-29-33-37-41-45-51(56)53-49(48-54)50(55)44-40-36-32-28-14-12-10-8-6-4-2/h40,44,49-50,54-55H,3-39,41-43,45-48H2,1-2H3,(H,53,56)/b44-40+. The Hall–Kier alpha value is -1.40. The number of aliphatic hydroxyl groups excluding tert-OH is 2. The van der Waals surface area contributed by atoms with Crippen molar-refractivity contribution < 1.29 is 24.5 Å². The van der Waals surface area contributed by atoms with Crippen LogP contribution < -0.4 is 5.32 Å². The van der Waals surface area contributed by atoms with E-state index in [1.165, 1.54) is 218 Å². The third-order valence-electron chi connectivity index (χ3n) is 12.1. The lowest BCUT2D eigenvalue weighted by Gasteiger charge is -2.20. The van der Waals surface area contributed by atoms with Crippen LogP contribution in [0.1, 0.15) is 284 Å². The van der Waals surface area contributed by atoms with Crippen molar-refractivity contribution in [1.82, 2.24) is 5.32 Å². The third kappa shape index (κ3) is 44.2. The molecule has 0 aromatic rings. The molecule has 0 aliphatic heterocycles. The molecular weight excluding hydrogens is 719 g/mol. The first-order valence-corrected chi connectivity index (χ1v) is 26.0. The highest BCUT2D eigenvalue weighted by Gasteiger charge is 2.18. The van der Waals surface area contributed by atoms with Crippen molar-refractivity contribution >= 4 is 11.9 Å². The zero-order valence-electron chi connectivity index (χ0n) is 39.0. The number of nitrogens with one attached hydrogen (secondary N) is 1. The van der Waals surface area contributed by atoms with Crippen LogP contribution >= 0.6 is 0 Å². The van der Waals surface area contributed by atoms with Gasteiger partial charge in [-0.25, -0.2) is 0 Å². The molecule has 6 nitrogen and oxygen atoms in total. The van der Waals surface area contributed by atoms with Crippen molar-refractivity contribution in [3.63, 3.8) is 0 Å². The maximum atomic E-state index is 12.4. The number of amides is 1. The Morgan fingerprint density at radius 3 is 1.17 bits per heavy atom. The van der Waals surface area contributed by atoms with Gasteiger partial charge in [-0.05, 0) is 32.1 Å². The van der Waals surface area contributed by atoms with Gasteiger partial charge in [-0.1, -0.05) is 251 Å². The smallest absolute Gasteiger partial charge is 0.305 e. The van der Waals surface area contributed by atoms with E-state index in [2.05, 4.69) is 19.2 Å². The summed E-state index contributed by atoms with van der Waals surface area (Å²) in [5.41, 5.74) is 0. The number of hydrogen-bond acceptors (Lipinski definition) is 5. The minimum atomic E-state index is -0.842. The number of rotatable bonds is 48. The van der Waals surface area contributed by atoms with Gasteiger partial charge >= 0.3 is 5.97 Å². The van der Waals surface area contributed by atoms with Crippen molar-refractivity contribution in [3.05, 3.63) is 12.2 Å². The zero-order valence-corrected chi connectivity index (χ0v) is 39.0. The van der Waals surface area contributed by atoms with Crippen molar-refractivity contribution in [2.75, 3.05) is 13.2 Å². The van der Waals surface area contributed by atoms with Gasteiger partial charge in [-0.3, -0.25) is 9.59 Å². The molecule has 0 saturated carbocycles. The maximum Gasteiger partial charge on any atom is 0.305 e. The first-order valence-electron chi connectivity index (χ1n) is 26.0. The molecule has 2 atom stereocenters. The second kappa shape index (κ2) is 48.3. The molecule has 0 bridgehead atoms. The number of unbranched alkanes of at least 4 members (excludes halogenated alkanes) is 37. The molecular formula is C52H101NO5. The fourth-order valence-electron chi connectivity index (χ4n) is 8.05. The zero-order chi connectivity index (χ0) is 42.3. The van der Waals surface area contributed by atoms with E-state index < -0.39 is 12.1 Å². The molecule has 0 spiro atoms. The SMILES string of the molecule is CCCCCCCCCC/C=C/C(O)C(CO)NC(=O)CCCCCCCCCCCCCCCCCCCCCCOC(=O)CCCCCCCCCCCCC. The van der Waals surface area contributed by atoms with Gasteiger partial charge in [0.25, 0.3) is 0 Å². The molecule has 2 unspecified atom stereocenters. The van der Waals surface area contributed by atoms with Crippen molar-refractivity contribution in [2.24, 2.45) is 0 Å². The van der Waals surface area contributed by atoms with Gasteiger partial charge in [0.1, 0.15) is 0 Å². The molecule has 0 heterocycles. The van der Waals surface area contributed by atoms with Crippen LogP contribution in [0.25, 0.3) is 0 Å². The van der Waals surface area contributed by atoms with Gasteiger partial charge in [-0.15, -0.1) is 0 Å². The van der Waals surface area contributed by atoms with Gasteiger partial charge in [0.15, 0.2) is 0 Å². The molecule has 0 radical (unpaired) electrons. The molecule has 58 heavy (non-hydrogen) atoms. The maximum absolute atomic E-state index is 12.4. The lowest BCUT2D eigenvalue weighted by Crippen LogP contribution is -2.45. The van der Waals surface area contributed by atoms with Crippen molar-refractivity contribution in [3.8, 4) is 0 Å². The molecule has 0 fully saturated rings. The second-order valence-corrected chi connectivity index (χ2v) is 17.9. The van der Waals surface area contributed by atoms with Crippen LogP contribution in [0.2, 0.25) is 0 Å². The van der Waals surface area contributed by atoms with E-state index in [9.17, 15) is 19.8 Å². The fraction of sp³-hybridized carbons (Fsp3) is 0.923. The summed E-state index contributed by atoms with van der Waals surface area (Å²) in [5, 5.41) is 22.9. The summed E-state index contributed by atoms with van der Waals surface area (Å²) >= 11 is 0. The van der Waals surface area contributed by atoms with E-state index in [1.807, 2.05) is 6.08 Å². The third-order valence-corrected chi connectivity index (χ3v) is 12.1. The largest absolute Gasteiger partial charge is 0.466 e. The van der Waals surface area contributed by atoms with Crippen LogP contribution in [0.5, 0.6) is 0 Å². The van der Waals surface area contributed by atoms with E-state index in [4.69, 9.17) is 4.74 Å². The van der Waals surface area contributed by atoms with Gasteiger partial charge in [0.2, 0.25) is 5.91 Å². The quantitative estimate of drug-likeness (QED) is 0.0323. The second-order valence-electron chi connectivity index (χ2n) is 17.9. The van der Waals surface area contributed by atoms with Crippen LogP contribution in [0.15, 0.2) is 12.2 Å². The Kier molecular flexibility index (Phi) is 47.1. The van der Waals surface area contributed by atoms with Gasteiger partial charge < -0.3 is 20.3 Å². The van der Waals surface area contributed by atoms with Crippen LogP contribution in [-0.2, 0) is 14.3 Å². The summed E-state index contributed by atoms with van der Waals surface area (Å²) in [6.07, 6.45) is 55.1. The average molecular weight is 820 g/mol. The molecule has 0 aromatic heterocycles. The molecule has 1 amide bonds. The van der Waals surface area contributed by atoms with Crippen molar-refractivity contribution in [2.45, 2.75) is 296 Å². The summed E-state index contributed by atoms with van der Waals surface area (Å²) in [6, 6.07) is -0.626. The van der Waals surface area contributed by atoms with Crippen LogP contribution in [0.3, 0.4) is 0 Å². The number of carbonyl (C=O) groups is 2. The molecule has 6 heteroatoms. The first-order chi connectivity index (χ1) is 28.5. The van der Waals surface area contributed by atoms with Crippen molar-refractivity contribution in [1.29, 1.82) is 0 Å². The van der Waals surface area contributed by atoms with E-state index in [0.29, 0.717) is 19.4 Å². The first kappa shape index (κ1) is 56.6. The highest BCUT2D eigenvalue weighted by Crippen LogP contribution is 2.17. The number of esters is 1. The molecule has 0 aliphatic rings. The normalized spacial score (nSPS) is 12.7. The Labute approximate surface area is 361 Å². The van der Waals surface area contributed by atoms with Crippen LogP contribution in [0, 0.1) is 0 Å². The number of hydrogen-bond donors (Lipinski definition) is 3. The molecule has 344 valence electrons. The Morgan fingerprint density at radius 2 is 0.793 bits per heavy atom. The Morgan fingerprint density at radius 1 is 0.466 bits per heavy atom. The summed E-state index contributed by atoms with van der Waals surface area (Å²) < 4.78 is 5.46. The average Bonchev–Trinajstić information content (AvgIpc) is 3.22. The van der Waals surface area contributed by atoms with E-state index in [1.54, 1.807) is 6.08 Å². The molecule has 0 aliphatic carbocycles. The van der Waals surface area contributed by atoms with Gasteiger partial charge in [0.05, 0.1) is 25.4 Å². The van der Waals surface area contributed by atoms with E-state index in [0.717, 1.165) is 38.5 Å². The van der Waals surface area contributed by atoms with Crippen LogP contribution in [0.4, 0.5) is 0 Å². The molecule has 0 saturated heterocycles. The monoisotopic (exact) mass is 820 g/mol. The lowest BCUT2D eigenvalue weighted by atomic mass is 10.0. The van der Waals surface area contributed by atoms with Crippen LogP contribution in [-0.4, -0.2) is 47.4 Å². The fourth-order valence-corrected chi connectivity index (χ4v) is 8.05. The lowest BCUT2D eigenvalue weighted by molar-refractivity contribution is -0.143. The van der Waals surface area contributed by atoms with E-state index >= 15 is 0 Å². The highest BCUT2D eigenvalue weighted by atomic mass is 16.5. The summed E-state index contributed by atoms with van der Waals surface area (Å²) in [5.74, 6) is -0.0618. The number of carbonyl (C=O) groups excluding carboxylic acids is 2. The van der Waals surface area contributed by atoms with Gasteiger partial charge in [-0.2, -0.15) is 0 Å². The summed E-state index contributed by atoms with van der Waals surface area (Å²) in [7, 11) is 0. The Bertz CT molecular complexity index is 863. The van der Waals surface area contributed by atoms with Gasteiger partial charge in [0, 0.05) is 12.8 Å². The number of allylic oxidation sites excluding steroid dienone is 1. The molecule has 3 N–H and O–H groups in total. The molecule has 0 aromatic carbocycles. The predicted molar refractivity (Wildman–Crippen MR) is 250 cm³/mol. The Balaban J connectivity index is 3.39. The molecule has 0 rings (SSSR count). The topological polar surface area (TPSA) is 95.9 Å². The minimum Gasteiger partial charge on any atom is -0.466 e. The predicted octanol–water partition coefficient (Wildman–Crippen LogP) is 15.3. The minimum absolute atomic E-state index is 0.00941.